The molecule has 0 bridgehead atoms. The predicted molar refractivity (Wildman–Crippen MR) is 87.5 cm³/mol. The third kappa shape index (κ3) is 2.64. The van der Waals surface area contributed by atoms with Crippen LogP contribution in [0.15, 0.2) is 0 Å². The average Bonchev–Trinajstić information content (AvgIpc) is 3.29. The molecule has 134 valence electrons. The van der Waals surface area contributed by atoms with Crippen molar-refractivity contribution >= 4 is 11.9 Å². The number of hydrogen-bond donors (Lipinski definition) is 1. The maximum absolute atomic E-state index is 12.7. The lowest BCUT2D eigenvalue weighted by atomic mass is 9.81. The summed E-state index contributed by atoms with van der Waals surface area (Å²) in [5, 5.41) is 9.97. The molecule has 4 aliphatic rings. The summed E-state index contributed by atoms with van der Waals surface area (Å²) in [5.41, 5.74) is -0.757. The van der Waals surface area contributed by atoms with Crippen LogP contribution >= 0.6 is 0 Å². The Hall–Kier alpha value is -1.14. The summed E-state index contributed by atoms with van der Waals surface area (Å²) >= 11 is 0. The Bertz CT molecular complexity index is 513. The van der Waals surface area contributed by atoms with E-state index in [9.17, 15) is 14.7 Å². The van der Waals surface area contributed by atoms with E-state index < -0.39 is 11.4 Å². The van der Waals surface area contributed by atoms with Crippen LogP contribution in [0.4, 0.5) is 0 Å². The number of ether oxygens (including phenoxy) is 1. The normalized spacial score (nSPS) is 35.5. The number of carbonyl (C=O) groups is 2. The van der Waals surface area contributed by atoms with E-state index in [1.54, 1.807) is 0 Å². The molecule has 0 unspecified atom stereocenters. The molecule has 0 spiro atoms. The first-order valence-corrected chi connectivity index (χ1v) is 9.44. The van der Waals surface area contributed by atoms with Gasteiger partial charge in [0.25, 0.3) is 0 Å². The van der Waals surface area contributed by atoms with Crippen LogP contribution in [0.3, 0.4) is 0 Å². The van der Waals surface area contributed by atoms with Gasteiger partial charge in [-0.1, -0.05) is 12.8 Å². The minimum absolute atomic E-state index is 0.0724. The van der Waals surface area contributed by atoms with Crippen LogP contribution in [-0.2, 0) is 14.3 Å². The Morgan fingerprint density at radius 2 is 1.71 bits per heavy atom. The van der Waals surface area contributed by atoms with E-state index in [0.29, 0.717) is 25.7 Å². The van der Waals surface area contributed by atoms with Gasteiger partial charge in [0, 0.05) is 57.3 Å². The fourth-order valence-electron chi connectivity index (χ4n) is 5.33. The van der Waals surface area contributed by atoms with Gasteiger partial charge in [-0.15, -0.1) is 0 Å². The molecule has 4 rings (SSSR count). The van der Waals surface area contributed by atoms with Gasteiger partial charge in [-0.05, 0) is 25.7 Å². The number of rotatable bonds is 3. The zero-order chi connectivity index (χ0) is 16.7. The number of aliphatic carboxylic acids is 1. The lowest BCUT2D eigenvalue weighted by Gasteiger charge is -2.33. The molecule has 2 atom stereocenters. The Morgan fingerprint density at radius 1 is 1.00 bits per heavy atom. The highest BCUT2D eigenvalue weighted by Gasteiger charge is 2.59. The van der Waals surface area contributed by atoms with Crippen molar-refractivity contribution in [3.05, 3.63) is 0 Å². The molecule has 0 radical (unpaired) electrons. The van der Waals surface area contributed by atoms with Crippen LogP contribution in [-0.4, -0.2) is 72.2 Å². The molecule has 24 heavy (non-hydrogen) atoms. The molecule has 1 saturated carbocycles. The van der Waals surface area contributed by atoms with Crippen molar-refractivity contribution in [1.29, 1.82) is 0 Å². The van der Waals surface area contributed by atoms with E-state index in [0.717, 1.165) is 58.3 Å². The smallest absolute Gasteiger partial charge is 0.313 e. The largest absolute Gasteiger partial charge is 0.481 e. The van der Waals surface area contributed by atoms with Gasteiger partial charge in [0.1, 0.15) is 5.41 Å². The van der Waals surface area contributed by atoms with Crippen molar-refractivity contribution in [2.24, 2.45) is 17.3 Å². The van der Waals surface area contributed by atoms with Gasteiger partial charge in [-0.3, -0.25) is 14.5 Å². The monoisotopic (exact) mass is 336 g/mol. The van der Waals surface area contributed by atoms with Crippen molar-refractivity contribution in [3.8, 4) is 0 Å². The first-order valence-electron chi connectivity index (χ1n) is 9.44. The minimum atomic E-state index is -0.757. The Balaban J connectivity index is 1.47. The van der Waals surface area contributed by atoms with E-state index in [1.165, 1.54) is 0 Å². The lowest BCUT2D eigenvalue weighted by Crippen LogP contribution is -2.45. The maximum atomic E-state index is 12.7. The molecular weight excluding hydrogens is 308 g/mol. The molecule has 3 aliphatic heterocycles. The number of fused-ring (bicyclic) bond motifs is 1. The first-order chi connectivity index (χ1) is 11.6. The van der Waals surface area contributed by atoms with Gasteiger partial charge < -0.3 is 14.7 Å². The van der Waals surface area contributed by atoms with Gasteiger partial charge in [0.05, 0.1) is 0 Å². The molecule has 3 saturated heterocycles. The molecule has 6 nitrogen and oxygen atoms in total. The molecule has 1 aliphatic carbocycles. The van der Waals surface area contributed by atoms with E-state index in [-0.39, 0.29) is 17.7 Å². The SMILES string of the molecule is O=C(C1CCCC1)N1C[C@H]2CN(C3CCOCC3)C[C@@]2(C(=O)O)C1. The summed E-state index contributed by atoms with van der Waals surface area (Å²) in [6.07, 6.45) is 6.22. The Kier molecular flexibility index (Phi) is 4.29. The third-order valence-electron chi connectivity index (χ3n) is 6.78. The summed E-state index contributed by atoms with van der Waals surface area (Å²) in [7, 11) is 0. The standard InChI is InChI=1S/C18H28N2O4/c21-16(13-3-1-2-4-13)20-10-14-9-19(15-5-7-24-8-6-15)11-18(14,12-20)17(22)23/h13-15H,1-12H2,(H,22,23)/t14-,18-/m1/s1. The summed E-state index contributed by atoms with van der Waals surface area (Å²) < 4.78 is 5.44. The molecule has 1 amide bonds. The van der Waals surface area contributed by atoms with Gasteiger partial charge in [0.2, 0.25) is 5.91 Å². The molecule has 3 heterocycles. The van der Waals surface area contributed by atoms with E-state index >= 15 is 0 Å². The first kappa shape index (κ1) is 16.3. The number of nitrogens with zero attached hydrogens (tertiary/aromatic N) is 2. The zero-order valence-corrected chi connectivity index (χ0v) is 14.3. The number of carboxylic acid groups (broad SMARTS) is 1. The number of carboxylic acids is 1. The van der Waals surface area contributed by atoms with E-state index in [1.807, 2.05) is 4.90 Å². The van der Waals surface area contributed by atoms with Crippen molar-refractivity contribution in [2.75, 3.05) is 39.4 Å². The van der Waals surface area contributed by atoms with Crippen LogP contribution in [0.25, 0.3) is 0 Å². The van der Waals surface area contributed by atoms with E-state index in [2.05, 4.69) is 4.90 Å². The number of likely N-dealkylation sites (tertiary alicyclic amines) is 2. The van der Waals surface area contributed by atoms with E-state index in [4.69, 9.17) is 4.74 Å². The van der Waals surface area contributed by atoms with Crippen LogP contribution in [0, 0.1) is 17.3 Å². The average molecular weight is 336 g/mol. The maximum Gasteiger partial charge on any atom is 0.313 e. The van der Waals surface area contributed by atoms with Crippen molar-refractivity contribution in [2.45, 2.75) is 44.6 Å². The summed E-state index contributed by atoms with van der Waals surface area (Å²) in [6.45, 7) is 3.98. The Morgan fingerprint density at radius 3 is 2.33 bits per heavy atom. The number of amides is 1. The second-order valence-corrected chi connectivity index (χ2v) is 8.13. The zero-order valence-electron chi connectivity index (χ0n) is 14.3. The van der Waals surface area contributed by atoms with Crippen molar-refractivity contribution < 1.29 is 19.4 Å². The van der Waals surface area contributed by atoms with Crippen molar-refractivity contribution in [1.82, 2.24) is 9.80 Å². The number of carbonyl (C=O) groups excluding carboxylic acids is 1. The molecule has 0 aromatic carbocycles. The van der Waals surface area contributed by atoms with Crippen LogP contribution in [0.5, 0.6) is 0 Å². The number of hydrogen-bond acceptors (Lipinski definition) is 4. The van der Waals surface area contributed by atoms with Crippen molar-refractivity contribution in [3.63, 3.8) is 0 Å². The highest BCUT2D eigenvalue weighted by Crippen LogP contribution is 2.45. The van der Waals surface area contributed by atoms with Crippen LogP contribution in [0.2, 0.25) is 0 Å². The fourth-order valence-corrected chi connectivity index (χ4v) is 5.33. The topological polar surface area (TPSA) is 70.1 Å². The molecule has 4 fully saturated rings. The highest BCUT2D eigenvalue weighted by atomic mass is 16.5. The highest BCUT2D eigenvalue weighted by molar-refractivity contribution is 5.83. The molecule has 0 aromatic rings. The van der Waals surface area contributed by atoms with Gasteiger partial charge in [-0.25, -0.2) is 0 Å². The predicted octanol–water partition coefficient (Wildman–Crippen LogP) is 1.20. The van der Waals surface area contributed by atoms with Gasteiger partial charge in [0.15, 0.2) is 0 Å². The molecular formula is C18H28N2O4. The Labute approximate surface area is 143 Å². The molecule has 6 heteroatoms. The third-order valence-corrected chi connectivity index (χ3v) is 6.78. The molecule has 0 aromatic heterocycles. The lowest BCUT2D eigenvalue weighted by molar-refractivity contribution is -0.149. The van der Waals surface area contributed by atoms with Gasteiger partial charge in [-0.2, -0.15) is 0 Å². The minimum Gasteiger partial charge on any atom is -0.481 e. The van der Waals surface area contributed by atoms with Crippen LogP contribution in [0.1, 0.15) is 38.5 Å². The molecule has 1 N–H and O–H groups in total. The second-order valence-electron chi connectivity index (χ2n) is 8.13. The summed E-state index contributed by atoms with van der Waals surface area (Å²) in [4.78, 5) is 29.1. The summed E-state index contributed by atoms with van der Waals surface area (Å²) in [6, 6.07) is 0.444. The second kappa shape index (κ2) is 6.30. The fraction of sp³-hybridized carbons (Fsp3) is 0.889. The summed E-state index contributed by atoms with van der Waals surface area (Å²) in [5.74, 6) is -0.298. The quantitative estimate of drug-likeness (QED) is 0.839. The van der Waals surface area contributed by atoms with Gasteiger partial charge >= 0.3 is 5.97 Å². The van der Waals surface area contributed by atoms with Crippen LogP contribution < -0.4 is 0 Å².